The lowest BCUT2D eigenvalue weighted by molar-refractivity contribution is -0.114. The van der Waals surface area contributed by atoms with E-state index in [2.05, 4.69) is 15.4 Å². The summed E-state index contributed by atoms with van der Waals surface area (Å²) in [6.07, 6.45) is 3.31. The average Bonchev–Trinajstić information content (AvgIpc) is 3.07. The third kappa shape index (κ3) is 3.70. The standard InChI is InChI=1S/C21H19N5O2/c22-12-19(27)24-21-20-17(26(25-21)14-15-6-2-1-3-7-15)9-4-10-18(20)28-16-8-5-11-23-13-16/h1-11,13H,12,14,22H2,(H,24,25,27). The number of benzene rings is 2. The Morgan fingerprint density at radius 1 is 1.07 bits per heavy atom. The SMILES string of the molecule is NCC(=O)Nc1nn(Cc2ccccc2)c2cccc(Oc3cccnc3)c12. The molecule has 4 aromatic rings. The van der Waals surface area contributed by atoms with E-state index < -0.39 is 0 Å². The van der Waals surface area contributed by atoms with Crippen molar-refractivity contribution in [2.75, 3.05) is 11.9 Å². The number of anilines is 1. The molecule has 0 aliphatic carbocycles. The van der Waals surface area contributed by atoms with Crippen molar-refractivity contribution in [3.8, 4) is 11.5 Å². The number of hydrogen-bond acceptors (Lipinski definition) is 5. The monoisotopic (exact) mass is 373 g/mol. The Hall–Kier alpha value is -3.71. The van der Waals surface area contributed by atoms with E-state index in [4.69, 9.17) is 10.5 Å². The predicted molar refractivity (Wildman–Crippen MR) is 107 cm³/mol. The van der Waals surface area contributed by atoms with Crippen molar-refractivity contribution in [2.24, 2.45) is 5.73 Å². The lowest BCUT2D eigenvalue weighted by Gasteiger charge is -2.08. The van der Waals surface area contributed by atoms with Gasteiger partial charge in [-0.3, -0.25) is 14.5 Å². The molecule has 3 N–H and O–H groups in total. The Balaban J connectivity index is 1.80. The first kappa shape index (κ1) is 17.7. The number of nitrogens with two attached hydrogens (primary N) is 1. The molecule has 7 nitrogen and oxygen atoms in total. The van der Waals surface area contributed by atoms with Crippen molar-refractivity contribution in [1.82, 2.24) is 14.8 Å². The number of aromatic nitrogens is 3. The second-order valence-corrected chi connectivity index (χ2v) is 6.19. The van der Waals surface area contributed by atoms with Gasteiger partial charge in [-0.1, -0.05) is 36.4 Å². The number of nitrogens with zero attached hydrogens (tertiary/aromatic N) is 3. The second kappa shape index (κ2) is 7.89. The van der Waals surface area contributed by atoms with Crippen LogP contribution in [-0.2, 0) is 11.3 Å². The van der Waals surface area contributed by atoms with Crippen LogP contribution in [0.5, 0.6) is 11.5 Å². The Bertz CT molecular complexity index is 1090. The number of fused-ring (bicyclic) bond motifs is 1. The van der Waals surface area contributed by atoms with E-state index in [1.54, 1.807) is 18.5 Å². The van der Waals surface area contributed by atoms with Gasteiger partial charge in [-0.15, -0.1) is 0 Å². The molecule has 7 heteroatoms. The van der Waals surface area contributed by atoms with E-state index in [-0.39, 0.29) is 12.5 Å². The number of hydrogen-bond donors (Lipinski definition) is 2. The van der Waals surface area contributed by atoms with Gasteiger partial charge in [0.2, 0.25) is 5.91 Å². The van der Waals surface area contributed by atoms with Crippen molar-refractivity contribution < 1.29 is 9.53 Å². The zero-order valence-corrected chi connectivity index (χ0v) is 15.1. The van der Waals surface area contributed by atoms with Crippen LogP contribution in [0.15, 0.2) is 73.1 Å². The average molecular weight is 373 g/mol. The van der Waals surface area contributed by atoms with Crippen LogP contribution in [-0.4, -0.2) is 27.2 Å². The molecular formula is C21H19N5O2. The van der Waals surface area contributed by atoms with Gasteiger partial charge < -0.3 is 15.8 Å². The van der Waals surface area contributed by atoms with Crippen molar-refractivity contribution in [3.63, 3.8) is 0 Å². The molecule has 0 spiro atoms. The summed E-state index contributed by atoms with van der Waals surface area (Å²) in [5.74, 6) is 1.28. The summed E-state index contributed by atoms with van der Waals surface area (Å²) < 4.78 is 7.85. The molecule has 2 aromatic heterocycles. The Morgan fingerprint density at radius 3 is 2.68 bits per heavy atom. The fourth-order valence-electron chi connectivity index (χ4n) is 2.96. The van der Waals surface area contributed by atoms with Gasteiger partial charge in [0, 0.05) is 6.20 Å². The summed E-state index contributed by atoms with van der Waals surface area (Å²) in [4.78, 5) is 16.0. The maximum absolute atomic E-state index is 11.9. The van der Waals surface area contributed by atoms with E-state index in [0.717, 1.165) is 11.1 Å². The highest BCUT2D eigenvalue weighted by Gasteiger charge is 2.17. The molecule has 0 aliphatic heterocycles. The highest BCUT2D eigenvalue weighted by atomic mass is 16.5. The fraction of sp³-hybridized carbons (Fsp3) is 0.0952. The lowest BCUT2D eigenvalue weighted by Crippen LogP contribution is -2.22. The minimum atomic E-state index is -0.317. The first-order valence-electron chi connectivity index (χ1n) is 8.86. The molecule has 140 valence electrons. The topological polar surface area (TPSA) is 95.1 Å². The molecule has 0 radical (unpaired) electrons. The van der Waals surface area contributed by atoms with Gasteiger partial charge in [0.1, 0.15) is 11.5 Å². The van der Waals surface area contributed by atoms with Gasteiger partial charge in [-0.05, 0) is 29.8 Å². The summed E-state index contributed by atoms with van der Waals surface area (Å²) in [5.41, 5.74) is 7.41. The first-order valence-corrected chi connectivity index (χ1v) is 8.86. The van der Waals surface area contributed by atoms with E-state index in [1.807, 2.05) is 59.3 Å². The molecule has 0 unspecified atom stereocenters. The zero-order valence-electron chi connectivity index (χ0n) is 15.1. The number of rotatable bonds is 6. The third-order valence-corrected chi connectivity index (χ3v) is 4.22. The van der Waals surface area contributed by atoms with Gasteiger partial charge in [0.15, 0.2) is 5.82 Å². The van der Waals surface area contributed by atoms with Crippen molar-refractivity contribution in [1.29, 1.82) is 0 Å². The number of ether oxygens (including phenoxy) is 1. The molecule has 0 fully saturated rings. The molecule has 1 amide bonds. The quantitative estimate of drug-likeness (QED) is 0.541. The minimum Gasteiger partial charge on any atom is -0.455 e. The Labute approximate surface area is 161 Å². The largest absolute Gasteiger partial charge is 0.455 e. The van der Waals surface area contributed by atoms with Crippen molar-refractivity contribution >= 4 is 22.6 Å². The van der Waals surface area contributed by atoms with Gasteiger partial charge >= 0.3 is 0 Å². The predicted octanol–water partition coefficient (Wildman–Crippen LogP) is 3.17. The van der Waals surface area contributed by atoms with E-state index in [9.17, 15) is 4.79 Å². The van der Waals surface area contributed by atoms with Crippen LogP contribution >= 0.6 is 0 Å². The molecule has 0 aliphatic rings. The van der Waals surface area contributed by atoms with Gasteiger partial charge in [0.05, 0.1) is 30.2 Å². The minimum absolute atomic E-state index is 0.126. The summed E-state index contributed by atoms with van der Waals surface area (Å²) in [5, 5.41) is 8.10. The molecular weight excluding hydrogens is 354 g/mol. The summed E-state index contributed by atoms with van der Waals surface area (Å²) >= 11 is 0. The molecule has 28 heavy (non-hydrogen) atoms. The van der Waals surface area contributed by atoms with Crippen LogP contribution in [0.25, 0.3) is 10.9 Å². The fourth-order valence-corrected chi connectivity index (χ4v) is 2.96. The molecule has 2 heterocycles. The van der Waals surface area contributed by atoms with Crippen LogP contribution in [0.3, 0.4) is 0 Å². The molecule has 0 saturated carbocycles. The smallest absolute Gasteiger partial charge is 0.239 e. The Kier molecular flexibility index (Phi) is 4.99. The lowest BCUT2D eigenvalue weighted by atomic mass is 10.2. The molecule has 0 atom stereocenters. The number of nitrogens with one attached hydrogen (secondary N) is 1. The van der Waals surface area contributed by atoms with Crippen LogP contribution in [0.4, 0.5) is 5.82 Å². The number of carbonyl (C=O) groups excluding carboxylic acids is 1. The van der Waals surface area contributed by atoms with E-state index in [0.29, 0.717) is 29.2 Å². The second-order valence-electron chi connectivity index (χ2n) is 6.19. The Morgan fingerprint density at radius 2 is 1.93 bits per heavy atom. The first-order chi connectivity index (χ1) is 13.7. The summed E-state index contributed by atoms with van der Waals surface area (Å²) in [6.45, 7) is 0.435. The highest BCUT2D eigenvalue weighted by molar-refractivity contribution is 6.03. The van der Waals surface area contributed by atoms with Crippen LogP contribution < -0.4 is 15.8 Å². The van der Waals surface area contributed by atoms with Gasteiger partial charge in [-0.2, -0.15) is 5.10 Å². The number of amides is 1. The zero-order chi connectivity index (χ0) is 19.3. The van der Waals surface area contributed by atoms with Gasteiger partial charge in [-0.25, -0.2) is 0 Å². The third-order valence-electron chi connectivity index (χ3n) is 4.22. The molecule has 2 aromatic carbocycles. The molecule has 4 rings (SSSR count). The maximum atomic E-state index is 11.9. The summed E-state index contributed by atoms with van der Waals surface area (Å²) in [7, 11) is 0. The molecule has 0 saturated heterocycles. The normalized spacial score (nSPS) is 10.8. The van der Waals surface area contributed by atoms with Crippen LogP contribution in [0.1, 0.15) is 5.56 Å². The van der Waals surface area contributed by atoms with Crippen molar-refractivity contribution in [3.05, 3.63) is 78.6 Å². The number of carbonyl (C=O) groups is 1. The van der Waals surface area contributed by atoms with Crippen molar-refractivity contribution in [2.45, 2.75) is 6.54 Å². The summed E-state index contributed by atoms with van der Waals surface area (Å²) in [6, 6.07) is 19.3. The number of pyridine rings is 1. The molecule has 0 bridgehead atoms. The highest BCUT2D eigenvalue weighted by Crippen LogP contribution is 2.35. The van der Waals surface area contributed by atoms with E-state index in [1.165, 1.54) is 0 Å². The van der Waals surface area contributed by atoms with Crippen LogP contribution in [0.2, 0.25) is 0 Å². The van der Waals surface area contributed by atoms with Crippen LogP contribution in [0, 0.1) is 0 Å². The van der Waals surface area contributed by atoms with E-state index >= 15 is 0 Å². The maximum Gasteiger partial charge on any atom is 0.239 e. The van der Waals surface area contributed by atoms with Gasteiger partial charge in [0.25, 0.3) is 0 Å².